The van der Waals surface area contributed by atoms with E-state index in [2.05, 4.69) is 24.9 Å². The molecule has 3 unspecified atom stereocenters. The van der Waals surface area contributed by atoms with Gasteiger partial charge >= 0.3 is 0 Å². The fraction of sp³-hybridized carbons (Fsp3) is 0.545. The molecule has 0 N–H and O–H groups in total. The van der Waals surface area contributed by atoms with E-state index in [1.807, 2.05) is 41.4 Å². The zero-order valence-electron chi connectivity index (χ0n) is 23.4. The highest BCUT2D eigenvalue weighted by molar-refractivity contribution is 6.06. The molecule has 1 heterocycles. The molecule has 5 atom stereocenters. The number of aromatic nitrogens is 2. The number of benzene rings is 1. The van der Waals surface area contributed by atoms with Crippen LogP contribution in [0, 0.1) is 28.6 Å². The summed E-state index contributed by atoms with van der Waals surface area (Å²) in [6.45, 7) is 6.05. The number of hydrogen-bond acceptors (Lipinski definition) is 5. The molecule has 0 spiro atoms. The summed E-state index contributed by atoms with van der Waals surface area (Å²) in [6.07, 6.45) is 17.1. The van der Waals surface area contributed by atoms with E-state index < -0.39 is 0 Å². The molecule has 0 amide bonds. The maximum atomic E-state index is 13.9. The summed E-state index contributed by atoms with van der Waals surface area (Å²) in [4.78, 5) is 30.1. The van der Waals surface area contributed by atoms with Crippen LogP contribution < -0.4 is 9.47 Å². The van der Waals surface area contributed by atoms with Crippen molar-refractivity contribution in [2.24, 2.45) is 28.6 Å². The van der Waals surface area contributed by atoms with Crippen LogP contribution in [-0.2, 0) is 16.1 Å². The van der Waals surface area contributed by atoms with Crippen LogP contribution in [-0.4, -0.2) is 34.8 Å². The van der Waals surface area contributed by atoms with Gasteiger partial charge in [0.15, 0.2) is 23.1 Å². The highest BCUT2D eigenvalue weighted by Crippen LogP contribution is 2.65. The Morgan fingerprint density at radius 3 is 2.74 bits per heavy atom. The SMILES string of the molecule is COc1cc(/C=C2\CC3C4CCC5=CC(=O)CC[C@]5(C)C4CC[C@]3(C)C2=O)ccc1OCCCn1ccnc1. The first-order chi connectivity index (χ1) is 18.8. The zero-order valence-corrected chi connectivity index (χ0v) is 23.4. The van der Waals surface area contributed by atoms with E-state index in [0.717, 1.165) is 68.4 Å². The first kappa shape index (κ1) is 26.1. The van der Waals surface area contributed by atoms with Gasteiger partial charge in [-0.05, 0) is 104 Å². The minimum absolute atomic E-state index is 0.121. The molecule has 6 rings (SSSR count). The third-order valence-electron chi connectivity index (χ3n) is 10.5. The van der Waals surface area contributed by atoms with Crippen molar-refractivity contribution in [1.29, 1.82) is 0 Å². The number of aryl methyl sites for hydroxylation is 1. The number of fused-ring (bicyclic) bond motifs is 5. The number of carbonyl (C=O) groups excluding carboxylic acids is 2. The second-order valence-electron chi connectivity index (χ2n) is 12.5. The Morgan fingerprint density at radius 2 is 1.95 bits per heavy atom. The number of nitrogens with zero attached hydrogens (tertiary/aromatic N) is 2. The number of rotatable bonds is 7. The lowest BCUT2D eigenvalue weighted by molar-refractivity contribution is -0.130. The summed E-state index contributed by atoms with van der Waals surface area (Å²) < 4.78 is 13.7. The summed E-state index contributed by atoms with van der Waals surface area (Å²) >= 11 is 0. The van der Waals surface area contributed by atoms with Crippen LogP contribution in [0.15, 0.2) is 54.1 Å². The molecular weight excluding hydrogens is 488 g/mol. The van der Waals surface area contributed by atoms with Crippen LogP contribution in [0.5, 0.6) is 11.5 Å². The summed E-state index contributed by atoms with van der Waals surface area (Å²) in [5.41, 5.74) is 3.14. The topological polar surface area (TPSA) is 70.4 Å². The molecule has 3 fully saturated rings. The van der Waals surface area contributed by atoms with Gasteiger partial charge in [-0.25, -0.2) is 4.98 Å². The third kappa shape index (κ3) is 4.56. The third-order valence-corrected chi connectivity index (χ3v) is 10.5. The Morgan fingerprint density at radius 1 is 1.08 bits per heavy atom. The Balaban J connectivity index is 1.18. The Bertz CT molecular complexity index is 1330. The van der Waals surface area contributed by atoms with Gasteiger partial charge in [-0.3, -0.25) is 9.59 Å². The van der Waals surface area contributed by atoms with Crippen molar-refractivity contribution in [1.82, 2.24) is 9.55 Å². The Kier molecular flexibility index (Phi) is 6.76. The average Bonchev–Trinajstić information content (AvgIpc) is 3.54. The highest BCUT2D eigenvalue weighted by Gasteiger charge is 2.60. The predicted molar refractivity (Wildman–Crippen MR) is 150 cm³/mol. The molecule has 4 aliphatic carbocycles. The lowest BCUT2D eigenvalue weighted by atomic mass is 9.47. The van der Waals surface area contributed by atoms with E-state index in [4.69, 9.17) is 9.47 Å². The maximum Gasteiger partial charge on any atom is 0.165 e. The summed E-state index contributed by atoms with van der Waals surface area (Å²) in [5, 5.41) is 0. The van der Waals surface area contributed by atoms with Crippen LogP contribution in [0.3, 0.4) is 0 Å². The van der Waals surface area contributed by atoms with Crippen molar-refractivity contribution >= 4 is 17.6 Å². The molecular formula is C33H40N2O4. The van der Waals surface area contributed by atoms with Gasteiger partial charge in [-0.2, -0.15) is 0 Å². The zero-order chi connectivity index (χ0) is 27.2. The molecule has 0 radical (unpaired) electrons. The van der Waals surface area contributed by atoms with E-state index >= 15 is 0 Å². The van der Waals surface area contributed by atoms with Crippen molar-refractivity contribution in [3.63, 3.8) is 0 Å². The van der Waals surface area contributed by atoms with Crippen molar-refractivity contribution in [2.75, 3.05) is 13.7 Å². The Labute approximate surface area is 231 Å². The highest BCUT2D eigenvalue weighted by atomic mass is 16.5. The molecule has 2 aromatic rings. The van der Waals surface area contributed by atoms with Gasteiger partial charge in [0.25, 0.3) is 0 Å². The van der Waals surface area contributed by atoms with Gasteiger partial charge in [-0.15, -0.1) is 0 Å². The van der Waals surface area contributed by atoms with Crippen LogP contribution in [0.1, 0.15) is 70.8 Å². The number of Topliss-reactive ketones (excluding diaryl/α,β-unsaturated/α-hetero) is 1. The van der Waals surface area contributed by atoms with Crippen molar-refractivity contribution in [2.45, 2.75) is 71.8 Å². The number of methoxy groups -OCH3 is 1. The van der Waals surface area contributed by atoms with Crippen LogP contribution in [0.2, 0.25) is 0 Å². The summed E-state index contributed by atoms with van der Waals surface area (Å²) in [6, 6.07) is 5.96. The molecule has 6 heteroatoms. The standard InChI is InChI=1S/C33H40N2O4/c1-32-11-9-25(36)20-24(32)6-7-26-27(32)10-12-33(2)28(26)19-23(31(33)37)17-22-5-8-29(30(18-22)38-3)39-16-4-14-35-15-13-34-21-35/h5,8,13,15,17-18,20-21,26-28H,4,6-7,9-12,14,16,19H2,1-3H3/b23-17+/t26?,27?,28?,32-,33-/m0/s1. The molecule has 4 aliphatic rings. The second-order valence-corrected chi connectivity index (χ2v) is 12.5. The summed E-state index contributed by atoms with van der Waals surface area (Å²) in [5.74, 6) is 3.53. The van der Waals surface area contributed by atoms with Crippen molar-refractivity contribution in [3.05, 3.63) is 59.7 Å². The fourth-order valence-corrected chi connectivity index (χ4v) is 8.30. The molecule has 206 valence electrons. The number of imidazole rings is 1. The Hall–Kier alpha value is -3.15. The van der Waals surface area contributed by atoms with Crippen LogP contribution in [0.25, 0.3) is 6.08 Å². The predicted octanol–water partition coefficient (Wildman–Crippen LogP) is 6.46. The molecule has 39 heavy (non-hydrogen) atoms. The van der Waals surface area contributed by atoms with Crippen molar-refractivity contribution < 1.29 is 19.1 Å². The fourth-order valence-electron chi connectivity index (χ4n) is 8.30. The monoisotopic (exact) mass is 528 g/mol. The van der Waals surface area contributed by atoms with Crippen molar-refractivity contribution in [3.8, 4) is 11.5 Å². The first-order valence-electron chi connectivity index (χ1n) is 14.6. The molecule has 0 saturated heterocycles. The lowest BCUT2D eigenvalue weighted by Crippen LogP contribution is -2.50. The van der Waals surface area contributed by atoms with E-state index in [0.29, 0.717) is 48.1 Å². The summed E-state index contributed by atoms with van der Waals surface area (Å²) in [7, 11) is 1.66. The van der Waals surface area contributed by atoms with Gasteiger partial charge in [0.2, 0.25) is 0 Å². The maximum absolute atomic E-state index is 13.9. The van der Waals surface area contributed by atoms with Gasteiger partial charge < -0.3 is 14.0 Å². The number of hydrogen-bond donors (Lipinski definition) is 0. The van der Waals surface area contributed by atoms with Gasteiger partial charge in [0, 0.05) is 30.8 Å². The average molecular weight is 529 g/mol. The minimum atomic E-state index is -0.280. The second kappa shape index (κ2) is 10.1. The number of carbonyl (C=O) groups is 2. The van der Waals surface area contributed by atoms with E-state index in [9.17, 15) is 9.59 Å². The molecule has 6 nitrogen and oxygen atoms in total. The number of ether oxygens (including phenoxy) is 2. The van der Waals surface area contributed by atoms with E-state index in [1.54, 1.807) is 13.3 Å². The smallest absolute Gasteiger partial charge is 0.165 e. The molecule has 1 aromatic heterocycles. The van der Waals surface area contributed by atoms with Crippen LogP contribution >= 0.6 is 0 Å². The quantitative estimate of drug-likeness (QED) is 0.305. The molecule has 1 aromatic carbocycles. The lowest BCUT2D eigenvalue weighted by Gasteiger charge is -2.56. The molecule has 0 bridgehead atoms. The number of allylic oxidation sites excluding steroid dienone is 2. The number of ketones is 2. The normalized spacial score (nSPS) is 32.8. The van der Waals surface area contributed by atoms with E-state index in [1.165, 1.54) is 5.57 Å². The minimum Gasteiger partial charge on any atom is -0.493 e. The van der Waals surface area contributed by atoms with Gasteiger partial charge in [0.05, 0.1) is 20.0 Å². The first-order valence-corrected chi connectivity index (χ1v) is 14.6. The van der Waals surface area contributed by atoms with Gasteiger partial charge in [-0.1, -0.05) is 25.5 Å². The van der Waals surface area contributed by atoms with Crippen LogP contribution in [0.4, 0.5) is 0 Å². The molecule has 3 saturated carbocycles. The van der Waals surface area contributed by atoms with E-state index in [-0.39, 0.29) is 10.8 Å². The largest absolute Gasteiger partial charge is 0.493 e. The van der Waals surface area contributed by atoms with Gasteiger partial charge in [0.1, 0.15) is 0 Å². The molecule has 0 aliphatic heterocycles.